The van der Waals surface area contributed by atoms with Crippen molar-refractivity contribution in [3.05, 3.63) is 18.0 Å². The number of hydrogen-bond acceptors (Lipinski definition) is 4. The summed E-state index contributed by atoms with van der Waals surface area (Å²) in [6, 6.07) is 0.472. The van der Waals surface area contributed by atoms with Gasteiger partial charge in [0.1, 0.15) is 0 Å². The Labute approximate surface area is 98.1 Å². The zero-order valence-corrected chi connectivity index (χ0v) is 10.7. The molecule has 1 atom stereocenters. The summed E-state index contributed by atoms with van der Waals surface area (Å²) in [7, 11) is 2.04. The second-order valence-electron chi connectivity index (χ2n) is 4.04. The van der Waals surface area contributed by atoms with Crippen LogP contribution in [-0.4, -0.2) is 29.6 Å². The summed E-state index contributed by atoms with van der Waals surface area (Å²) in [5, 5.41) is 3.25. The van der Waals surface area contributed by atoms with Crippen LogP contribution in [0.25, 0.3) is 0 Å². The van der Waals surface area contributed by atoms with Gasteiger partial charge in [0.25, 0.3) is 0 Å². The summed E-state index contributed by atoms with van der Waals surface area (Å²) in [4.78, 5) is 10.9. The summed E-state index contributed by atoms with van der Waals surface area (Å²) in [6.07, 6.45) is 4.88. The molecule has 0 bridgehead atoms. The molecule has 1 unspecified atom stereocenters. The second-order valence-corrected chi connectivity index (χ2v) is 4.04. The van der Waals surface area contributed by atoms with Gasteiger partial charge in [0, 0.05) is 37.6 Å². The minimum Gasteiger partial charge on any atom is -0.341 e. The monoisotopic (exact) mass is 222 g/mol. The molecule has 1 aromatic rings. The van der Waals surface area contributed by atoms with Gasteiger partial charge < -0.3 is 10.2 Å². The van der Waals surface area contributed by atoms with E-state index >= 15 is 0 Å². The van der Waals surface area contributed by atoms with Crippen LogP contribution in [0.1, 0.15) is 32.8 Å². The predicted octanol–water partition coefficient (Wildman–Crippen LogP) is 1.82. The van der Waals surface area contributed by atoms with Crippen molar-refractivity contribution in [2.24, 2.45) is 0 Å². The first-order valence-electron chi connectivity index (χ1n) is 5.93. The first-order valence-corrected chi connectivity index (χ1v) is 5.93. The second kappa shape index (κ2) is 6.43. The molecule has 4 heteroatoms. The Balaban J connectivity index is 2.63. The van der Waals surface area contributed by atoms with Crippen molar-refractivity contribution in [3.63, 3.8) is 0 Å². The van der Waals surface area contributed by atoms with Crippen molar-refractivity contribution in [2.45, 2.75) is 39.8 Å². The van der Waals surface area contributed by atoms with Crippen LogP contribution in [0.5, 0.6) is 0 Å². The first-order chi connectivity index (χ1) is 7.69. The van der Waals surface area contributed by atoms with Gasteiger partial charge in [-0.25, -0.2) is 9.97 Å². The lowest BCUT2D eigenvalue weighted by molar-refractivity contribution is 0.646. The quantitative estimate of drug-likeness (QED) is 0.797. The molecule has 16 heavy (non-hydrogen) atoms. The third-order valence-electron chi connectivity index (χ3n) is 2.84. The van der Waals surface area contributed by atoms with Gasteiger partial charge in [-0.1, -0.05) is 13.8 Å². The Kier molecular flexibility index (Phi) is 5.19. The Hall–Kier alpha value is -1.16. The van der Waals surface area contributed by atoms with E-state index in [0.29, 0.717) is 6.04 Å². The molecule has 0 fully saturated rings. The molecule has 0 aliphatic rings. The highest BCUT2D eigenvalue weighted by Gasteiger charge is 2.09. The van der Waals surface area contributed by atoms with E-state index < -0.39 is 0 Å². The van der Waals surface area contributed by atoms with Gasteiger partial charge in [0.2, 0.25) is 5.95 Å². The largest absolute Gasteiger partial charge is 0.341 e. The fourth-order valence-electron chi connectivity index (χ4n) is 1.36. The average molecular weight is 222 g/mol. The SMILES string of the molecule is CCNCc1cnc(N(C)C(C)CC)nc1. The first kappa shape index (κ1) is 12.9. The molecule has 0 saturated heterocycles. The van der Waals surface area contributed by atoms with Crippen molar-refractivity contribution >= 4 is 5.95 Å². The van der Waals surface area contributed by atoms with Crippen LogP contribution in [-0.2, 0) is 6.54 Å². The molecular weight excluding hydrogens is 200 g/mol. The maximum absolute atomic E-state index is 4.38. The molecule has 1 heterocycles. The zero-order chi connectivity index (χ0) is 12.0. The Bertz CT molecular complexity index is 296. The number of anilines is 1. The van der Waals surface area contributed by atoms with Crippen molar-refractivity contribution in [2.75, 3.05) is 18.5 Å². The minimum absolute atomic E-state index is 0.472. The normalized spacial score (nSPS) is 12.5. The summed E-state index contributed by atoms with van der Waals surface area (Å²) in [6.45, 7) is 8.24. The van der Waals surface area contributed by atoms with Crippen LogP contribution in [0.3, 0.4) is 0 Å². The maximum atomic E-state index is 4.38. The standard InChI is InChI=1S/C12H22N4/c1-5-10(3)16(4)12-14-8-11(9-15-12)7-13-6-2/h8-10,13H,5-7H2,1-4H3. The van der Waals surface area contributed by atoms with Crippen LogP contribution in [0.4, 0.5) is 5.95 Å². The van der Waals surface area contributed by atoms with Crippen molar-refractivity contribution in [1.29, 1.82) is 0 Å². The van der Waals surface area contributed by atoms with E-state index in [9.17, 15) is 0 Å². The molecular formula is C12H22N4. The maximum Gasteiger partial charge on any atom is 0.225 e. The van der Waals surface area contributed by atoms with E-state index in [4.69, 9.17) is 0 Å². The lowest BCUT2D eigenvalue weighted by Gasteiger charge is -2.23. The molecule has 0 aliphatic carbocycles. The van der Waals surface area contributed by atoms with E-state index in [1.54, 1.807) is 0 Å². The van der Waals surface area contributed by atoms with Crippen LogP contribution >= 0.6 is 0 Å². The molecule has 0 aliphatic heterocycles. The highest BCUT2D eigenvalue weighted by molar-refractivity contribution is 5.29. The van der Waals surface area contributed by atoms with Gasteiger partial charge in [0.05, 0.1) is 0 Å². The molecule has 90 valence electrons. The number of hydrogen-bond donors (Lipinski definition) is 1. The summed E-state index contributed by atoms with van der Waals surface area (Å²) in [5.41, 5.74) is 1.13. The Morgan fingerprint density at radius 2 is 1.94 bits per heavy atom. The van der Waals surface area contributed by atoms with Crippen molar-refractivity contribution < 1.29 is 0 Å². The lowest BCUT2D eigenvalue weighted by Crippen LogP contribution is -2.29. The third kappa shape index (κ3) is 3.45. The number of aromatic nitrogens is 2. The summed E-state index contributed by atoms with van der Waals surface area (Å²) < 4.78 is 0. The molecule has 4 nitrogen and oxygen atoms in total. The van der Waals surface area contributed by atoms with E-state index in [2.05, 4.69) is 41.0 Å². The highest BCUT2D eigenvalue weighted by atomic mass is 15.2. The van der Waals surface area contributed by atoms with Crippen LogP contribution < -0.4 is 10.2 Å². The molecule has 0 aromatic carbocycles. The molecule has 1 rings (SSSR count). The van der Waals surface area contributed by atoms with Gasteiger partial charge >= 0.3 is 0 Å². The van der Waals surface area contributed by atoms with E-state index in [-0.39, 0.29) is 0 Å². The van der Waals surface area contributed by atoms with Crippen LogP contribution in [0, 0.1) is 0 Å². The Morgan fingerprint density at radius 3 is 2.44 bits per heavy atom. The zero-order valence-electron chi connectivity index (χ0n) is 10.7. The van der Waals surface area contributed by atoms with Gasteiger partial charge in [-0.2, -0.15) is 0 Å². The smallest absolute Gasteiger partial charge is 0.225 e. The van der Waals surface area contributed by atoms with Crippen LogP contribution in [0.2, 0.25) is 0 Å². The average Bonchev–Trinajstić information content (AvgIpc) is 2.35. The molecule has 1 N–H and O–H groups in total. The fraction of sp³-hybridized carbons (Fsp3) is 0.667. The molecule has 1 aromatic heterocycles. The number of rotatable bonds is 6. The van der Waals surface area contributed by atoms with Crippen LogP contribution in [0.15, 0.2) is 12.4 Å². The van der Waals surface area contributed by atoms with Gasteiger partial charge in [0.15, 0.2) is 0 Å². The van der Waals surface area contributed by atoms with E-state index in [1.807, 2.05) is 19.4 Å². The molecule has 0 amide bonds. The van der Waals surface area contributed by atoms with Gasteiger partial charge in [-0.15, -0.1) is 0 Å². The molecule has 0 saturated carbocycles. The van der Waals surface area contributed by atoms with E-state index in [1.165, 1.54) is 0 Å². The highest BCUT2D eigenvalue weighted by Crippen LogP contribution is 2.10. The minimum atomic E-state index is 0.472. The topological polar surface area (TPSA) is 41.1 Å². The van der Waals surface area contributed by atoms with E-state index in [0.717, 1.165) is 31.0 Å². The predicted molar refractivity (Wildman–Crippen MR) is 67.6 cm³/mol. The van der Waals surface area contributed by atoms with Crippen molar-refractivity contribution in [3.8, 4) is 0 Å². The van der Waals surface area contributed by atoms with Gasteiger partial charge in [-0.3, -0.25) is 0 Å². The summed E-state index contributed by atoms with van der Waals surface area (Å²) >= 11 is 0. The number of nitrogens with one attached hydrogen (secondary N) is 1. The lowest BCUT2D eigenvalue weighted by atomic mass is 10.2. The fourth-order valence-corrected chi connectivity index (χ4v) is 1.36. The summed E-state index contributed by atoms with van der Waals surface area (Å²) in [5.74, 6) is 0.801. The molecule has 0 spiro atoms. The van der Waals surface area contributed by atoms with Gasteiger partial charge in [-0.05, 0) is 19.9 Å². The van der Waals surface area contributed by atoms with Crippen molar-refractivity contribution in [1.82, 2.24) is 15.3 Å². The Morgan fingerprint density at radius 1 is 1.31 bits per heavy atom. The number of nitrogens with zero attached hydrogens (tertiary/aromatic N) is 3. The third-order valence-corrected chi connectivity index (χ3v) is 2.84. The molecule has 0 radical (unpaired) electrons.